The first-order valence-corrected chi connectivity index (χ1v) is 8.70. The van der Waals surface area contributed by atoms with Crippen molar-refractivity contribution in [2.45, 2.75) is 25.4 Å². The van der Waals surface area contributed by atoms with Crippen molar-refractivity contribution in [3.05, 3.63) is 63.1 Å². The molecule has 2 rings (SSSR count). The molecule has 2 aromatic rings. The summed E-state index contributed by atoms with van der Waals surface area (Å²) >= 11 is 11.6. The second-order valence-corrected chi connectivity index (χ2v) is 6.80. The lowest BCUT2D eigenvalue weighted by atomic mass is 10.0. The molecule has 0 aliphatic carbocycles. The Kier molecular flexibility index (Phi) is 6.93. The van der Waals surface area contributed by atoms with Gasteiger partial charge in [-0.25, -0.2) is 4.79 Å². The van der Waals surface area contributed by atoms with Gasteiger partial charge in [0.05, 0.1) is 27.4 Å². The summed E-state index contributed by atoms with van der Waals surface area (Å²) in [5, 5.41) is 2.64. The number of hydrogen-bond acceptors (Lipinski definition) is 3. The van der Waals surface area contributed by atoms with Gasteiger partial charge >= 0.3 is 18.3 Å². The molecule has 0 fully saturated rings. The second-order valence-electron chi connectivity index (χ2n) is 5.96. The monoisotopic (exact) mass is 473 g/mol. The molecule has 12 heteroatoms. The molecule has 0 aliphatic rings. The highest BCUT2D eigenvalue weighted by molar-refractivity contribution is 6.36. The van der Waals surface area contributed by atoms with Gasteiger partial charge in [0.2, 0.25) is 0 Å². The normalized spacial score (nSPS) is 13.0. The maximum atomic E-state index is 12.9. The highest BCUT2D eigenvalue weighted by Crippen LogP contribution is 2.36. The van der Waals surface area contributed by atoms with E-state index < -0.39 is 47.0 Å². The van der Waals surface area contributed by atoms with E-state index in [-0.39, 0.29) is 33.9 Å². The molecular weight excluding hydrogens is 463 g/mol. The van der Waals surface area contributed by atoms with Gasteiger partial charge in [-0.1, -0.05) is 23.2 Å². The smallest absolute Gasteiger partial charge is 0.416 e. The highest BCUT2D eigenvalue weighted by atomic mass is 35.5. The molecule has 0 saturated heterocycles. The molecule has 2 aromatic carbocycles. The van der Waals surface area contributed by atoms with Crippen LogP contribution < -0.4 is 5.32 Å². The molecule has 1 N–H and O–H groups in total. The number of rotatable bonds is 4. The number of benzene rings is 2. The SMILES string of the molecule is CC(OC(=O)c1cc(C(F)(F)F)cc(C(F)(F)F)c1)C(=O)Nc1ccc(Cl)cc1Cl. The van der Waals surface area contributed by atoms with Gasteiger partial charge in [0, 0.05) is 5.02 Å². The van der Waals surface area contributed by atoms with Crippen molar-refractivity contribution in [2.75, 3.05) is 5.32 Å². The number of anilines is 1. The molecule has 0 saturated carbocycles. The molecule has 1 unspecified atom stereocenters. The molecule has 0 bridgehead atoms. The van der Waals surface area contributed by atoms with Crippen molar-refractivity contribution < 1.29 is 40.7 Å². The fourth-order valence-corrected chi connectivity index (χ4v) is 2.64. The van der Waals surface area contributed by atoms with E-state index in [0.29, 0.717) is 0 Å². The van der Waals surface area contributed by atoms with Crippen LogP contribution in [0.5, 0.6) is 0 Å². The Labute approximate surface area is 175 Å². The van der Waals surface area contributed by atoms with Crippen LogP contribution in [0.4, 0.5) is 32.0 Å². The van der Waals surface area contributed by atoms with E-state index in [1.54, 1.807) is 0 Å². The Bertz CT molecular complexity index is 943. The lowest BCUT2D eigenvalue weighted by Crippen LogP contribution is -2.30. The van der Waals surface area contributed by atoms with E-state index in [4.69, 9.17) is 27.9 Å². The van der Waals surface area contributed by atoms with E-state index in [9.17, 15) is 35.9 Å². The number of halogens is 8. The molecule has 0 spiro atoms. The Morgan fingerprint density at radius 2 is 1.47 bits per heavy atom. The van der Waals surface area contributed by atoms with Crippen LogP contribution in [-0.2, 0) is 21.9 Å². The van der Waals surface area contributed by atoms with Crippen LogP contribution in [0, 0.1) is 0 Å². The summed E-state index contributed by atoms with van der Waals surface area (Å²) < 4.78 is 82.1. The Hall–Kier alpha value is -2.46. The lowest BCUT2D eigenvalue weighted by Gasteiger charge is -2.16. The topological polar surface area (TPSA) is 55.4 Å². The average Bonchev–Trinajstić information content (AvgIpc) is 2.62. The Morgan fingerprint density at radius 1 is 0.933 bits per heavy atom. The van der Waals surface area contributed by atoms with Crippen molar-refractivity contribution in [3.8, 4) is 0 Å². The van der Waals surface area contributed by atoms with E-state index in [1.165, 1.54) is 18.2 Å². The number of alkyl halides is 6. The standard InChI is InChI=1S/C18H11Cl2F6NO3/c1-8(15(28)27-14-3-2-12(19)7-13(14)20)30-16(29)9-4-10(17(21,22)23)6-11(5-9)18(24,25)26/h2-8H,1H3,(H,27,28). The highest BCUT2D eigenvalue weighted by Gasteiger charge is 2.38. The number of carbonyl (C=O) groups is 2. The van der Waals surface area contributed by atoms with Gasteiger partial charge in [-0.15, -0.1) is 0 Å². The van der Waals surface area contributed by atoms with Gasteiger partial charge in [0.25, 0.3) is 5.91 Å². The van der Waals surface area contributed by atoms with Gasteiger partial charge in [-0.3, -0.25) is 4.79 Å². The molecule has 0 heterocycles. The van der Waals surface area contributed by atoms with Crippen LogP contribution in [0.25, 0.3) is 0 Å². The third-order valence-corrected chi connectivity index (χ3v) is 4.21. The van der Waals surface area contributed by atoms with Crippen molar-refractivity contribution in [2.24, 2.45) is 0 Å². The summed E-state index contributed by atoms with van der Waals surface area (Å²) in [4.78, 5) is 24.2. The number of carbonyl (C=O) groups excluding carboxylic acids is 2. The first-order valence-electron chi connectivity index (χ1n) is 7.95. The van der Waals surface area contributed by atoms with E-state index >= 15 is 0 Å². The fourth-order valence-electron chi connectivity index (χ4n) is 2.18. The molecule has 0 aromatic heterocycles. The van der Waals surface area contributed by atoms with E-state index in [2.05, 4.69) is 5.32 Å². The van der Waals surface area contributed by atoms with Crippen molar-refractivity contribution >= 4 is 40.8 Å². The number of hydrogen-bond donors (Lipinski definition) is 1. The quantitative estimate of drug-likeness (QED) is 0.423. The minimum Gasteiger partial charge on any atom is -0.449 e. The first-order chi connectivity index (χ1) is 13.7. The first kappa shape index (κ1) is 23.8. The van der Waals surface area contributed by atoms with Gasteiger partial charge in [0.15, 0.2) is 6.10 Å². The van der Waals surface area contributed by atoms with E-state index in [0.717, 1.165) is 6.92 Å². The minimum absolute atomic E-state index is 0.0575. The summed E-state index contributed by atoms with van der Waals surface area (Å²) in [6.07, 6.45) is -11.8. The molecule has 30 heavy (non-hydrogen) atoms. The van der Waals surface area contributed by atoms with Crippen LogP contribution in [0.15, 0.2) is 36.4 Å². The zero-order valence-electron chi connectivity index (χ0n) is 14.8. The number of nitrogens with one attached hydrogen (secondary N) is 1. The predicted molar refractivity (Wildman–Crippen MR) is 96.4 cm³/mol. The van der Waals surface area contributed by atoms with Gasteiger partial charge in [0.1, 0.15) is 0 Å². The average molecular weight is 474 g/mol. The summed E-state index contributed by atoms with van der Waals surface area (Å²) in [7, 11) is 0. The molecule has 162 valence electrons. The van der Waals surface area contributed by atoms with Crippen LogP contribution >= 0.6 is 23.2 Å². The molecule has 4 nitrogen and oxygen atoms in total. The third-order valence-electron chi connectivity index (χ3n) is 3.67. The largest absolute Gasteiger partial charge is 0.449 e. The summed E-state index contributed by atoms with van der Waals surface area (Å²) in [6, 6.07) is 4.35. The van der Waals surface area contributed by atoms with Gasteiger partial charge in [-0.05, 0) is 43.3 Å². The van der Waals surface area contributed by atoms with Crippen LogP contribution in [-0.4, -0.2) is 18.0 Å². The summed E-state index contributed by atoms with van der Waals surface area (Å²) in [6.45, 7) is 1.08. The lowest BCUT2D eigenvalue weighted by molar-refractivity contribution is -0.143. The Balaban J connectivity index is 2.22. The molecule has 0 aliphatic heterocycles. The minimum atomic E-state index is -5.13. The second kappa shape index (κ2) is 8.73. The van der Waals surface area contributed by atoms with Crippen molar-refractivity contribution in [1.82, 2.24) is 0 Å². The maximum Gasteiger partial charge on any atom is 0.416 e. The zero-order chi connectivity index (χ0) is 22.9. The van der Waals surface area contributed by atoms with Gasteiger partial charge in [-0.2, -0.15) is 26.3 Å². The number of ether oxygens (including phenoxy) is 1. The summed E-state index contributed by atoms with van der Waals surface area (Å²) in [5.74, 6) is -2.47. The molecule has 1 amide bonds. The van der Waals surface area contributed by atoms with E-state index in [1.807, 2.05) is 0 Å². The predicted octanol–water partition coefficient (Wildman–Crippen LogP) is 6.22. The molecule has 0 radical (unpaired) electrons. The third kappa shape index (κ3) is 6.02. The molecular formula is C18H11Cl2F6NO3. The number of amides is 1. The van der Waals surface area contributed by atoms with Crippen LogP contribution in [0.3, 0.4) is 0 Å². The maximum absolute atomic E-state index is 12.9. The Morgan fingerprint density at radius 3 is 1.93 bits per heavy atom. The summed E-state index contributed by atoms with van der Waals surface area (Å²) in [5.41, 5.74) is -4.28. The van der Waals surface area contributed by atoms with Crippen molar-refractivity contribution in [3.63, 3.8) is 0 Å². The number of esters is 1. The van der Waals surface area contributed by atoms with Gasteiger partial charge < -0.3 is 10.1 Å². The zero-order valence-corrected chi connectivity index (χ0v) is 16.3. The van der Waals surface area contributed by atoms with Crippen LogP contribution in [0.1, 0.15) is 28.4 Å². The van der Waals surface area contributed by atoms with Crippen LogP contribution in [0.2, 0.25) is 10.0 Å². The fraction of sp³-hybridized carbons (Fsp3) is 0.222. The van der Waals surface area contributed by atoms with Crippen molar-refractivity contribution in [1.29, 1.82) is 0 Å². The molecule has 1 atom stereocenters.